The molecule has 2 aromatic carbocycles. The molecule has 0 bridgehead atoms. The second-order valence-electron chi connectivity index (χ2n) is 5.93. The van der Waals surface area contributed by atoms with Crippen molar-refractivity contribution < 1.29 is 22.3 Å². The average molecular weight is 365 g/mol. The van der Waals surface area contributed by atoms with Gasteiger partial charge in [-0.15, -0.1) is 0 Å². The maximum Gasteiger partial charge on any atom is 0.245 e. The Morgan fingerprint density at radius 1 is 1.16 bits per heavy atom. The van der Waals surface area contributed by atoms with E-state index in [1.54, 1.807) is 55.6 Å². The number of methoxy groups -OCH3 is 1. The number of hydrogen-bond acceptors (Lipinski definition) is 4. The number of ether oxygens (including phenoxy) is 2. The predicted molar refractivity (Wildman–Crippen MR) is 91.7 cm³/mol. The van der Waals surface area contributed by atoms with E-state index in [4.69, 9.17) is 9.47 Å². The minimum Gasteiger partial charge on any atom is -0.497 e. The lowest BCUT2D eigenvalue weighted by Gasteiger charge is -2.23. The summed E-state index contributed by atoms with van der Waals surface area (Å²) in [7, 11) is -2.25. The third-order valence-electron chi connectivity index (χ3n) is 4.17. The van der Waals surface area contributed by atoms with E-state index in [9.17, 15) is 12.8 Å². The first-order valence-electron chi connectivity index (χ1n) is 7.89. The van der Waals surface area contributed by atoms with Crippen LogP contribution < -0.4 is 4.74 Å². The minimum atomic E-state index is -3.80. The molecule has 2 unspecified atom stereocenters. The first kappa shape index (κ1) is 17.8. The van der Waals surface area contributed by atoms with Gasteiger partial charge in [-0.25, -0.2) is 12.8 Å². The third-order valence-corrected chi connectivity index (χ3v) is 5.99. The van der Waals surface area contributed by atoms with Gasteiger partial charge in [0.05, 0.1) is 12.0 Å². The molecule has 1 heterocycles. The Morgan fingerprint density at radius 3 is 2.36 bits per heavy atom. The average Bonchev–Trinajstić information content (AvgIpc) is 3.07. The Morgan fingerprint density at radius 2 is 1.80 bits per heavy atom. The van der Waals surface area contributed by atoms with Crippen molar-refractivity contribution in [1.82, 2.24) is 4.31 Å². The monoisotopic (exact) mass is 365 g/mol. The summed E-state index contributed by atoms with van der Waals surface area (Å²) in [5, 5.41) is 0. The molecule has 0 amide bonds. The zero-order valence-corrected chi connectivity index (χ0v) is 14.9. The third kappa shape index (κ3) is 3.53. The number of benzene rings is 2. The summed E-state index contributed by atoms with van der Waals surface area (Å²) in [6, 6.07) is 13.5. The van der Waals surface area contributed by atoms with E-state index in [2.05, 4.69) is 0 Å². The van der Waals surface area contributed by atoms with Crippen molar-refractivity contribution >= 4 is 10.0 Å². The molecule has 0 N–H and O–H groups in total. The molecule has 0 radical (unpaired) electrons. The maximum atomic E-state index is 13.2. The summed E-state index contributed by atoms with van der Waals surface area (Å²) < 4.78 is 51.2. The number of rotatable bonds is 5. The standard InChI is InChI=1S/C18H20FNO4S/c1-13-3-9-17(10-4-13)25(21,22)20-12-16(11-19)24-18(20)14-5-7-15(23-2)8-6-14/h3-10,16,18H,11-12H2,1-2H3. The topological polar surface area (TPSA) is 55.8 Å². The van der Waals surface area contributed by atoms with E-state index in [0.717, 1.165) is 5.56 Å². The predicted octanol–water partition coefficient (Wildman–Crippen LogP) is 3.06. The molecule has 0 spiro atoms. The summed E-state index contributed by atoms with van der Waals surface area (Å²) in [6.07, 6.45) is -1.65. The molecule has 25 heavy (non-hydrogen) atoms. The Bertz CT molecular complexity index is 821. The zero-order valence-electron chi connectivity index (χ0n) is 14.1. The largest absolute Gasteiger partial charge is 0.497 e. The first-order chi connectivity index (χ1) is 12.0. The number of sulfonamides is 1. The number of halogens is 1. The molecule has 5 nitrogen and oxygen atoms in total. The van der Waals surface area contributed by atoms with Crippen LogP contribution in [0, 0.1) is 6.92 Å². The lowest BCUT2D eigenvalue weighted by molar-refractivity contribution is 0.0109. The van der Waals surface area contributed by atoms with Crippen molar-refractivity contribution in [2.75, 3.05) is 20.3 Å². The molecule has 2 aromatic rings. The maximum absolute atomic E-state index is 13.2. The molecule has 0 aromatic heterocycles. The fraction of sp³-hybridized carbons (Fsp3) is 0.333. The normalized spacial score (nSPS) is 21.4. The Labute approximate surface area is 147 Å². The summed E-state index contributed by atoms with van der Waals surface area (Å²) in [6.45, 7) is 1.12. The van der Waals surface area contributed by atoms with E-state index < -0.39 is 29.0 Å². The van der Waals surface area contributed by atoms with Gasteiger partial charge in [-0.2, -0.15) is 4.31 Å². The molecular formula is C18H20FNO4S. The molecule has 3 rings (SSSR count). The second-order valence-corrected chi connectivity index (χ2v) is 7.82. The summed E-state index contributed by atoms with van der Waals surface area (Å²) in [5.41, 5.74) is 1.59. The van der Waals surface area contributed by atoms with Gasteiger partial charge in [0.25, 0.3) is 0 Å². The van der Waals surface area contributed by atoms with Crippen LogP contribution in [0.3, 0.4) is 0 Å². The lowest BCUT2D eigenvalue weighted by Crippen LogP contribution is -2.32. The van der Waals surface area contributed by atoms with Gasteiger partial charge in [-0.3, -0.25) is 0 Å². The van der Waals surface area contributed by atoms with Crippen LogP contribution in [0.2, 0.25) is 0 Å². The highest BCUT2D eigenvalue weighted by Gasteiger charge is 2.42. The van der Waals surface area contributed by atoms with Gasteiger partial charge in [0.1, 0.15) is 18.5 Å². The van der Waals surface area contributed by atoms with Crippen LogP contribution in [0.5, 0.6) is 5.75 Å². The van der Waals surface area contributed by atoms with Gasteiger partial charge in [-0.05, 0) is 36.8 Å². The van der Waals surface area contributed by atoms with Gasteiger partial charge in [-0.1, -0.05) is 29.8 Å². The molecule has 1 fully saturated rings. The molecule has 0 aliphatic carbocycles. The Balaban J connectivity index is 1.97. The number of alkyl halides is 1. The van der Waals surface area contributed by atoms with E-state index in [0.29, 0.717) is 11.3 Å². The van der Waals surface area contributed by atoms with Crippen LogP contribution in [-0.4, -0.2) is 39.2 Å². The van der Waals surface area contributed by atoms with Crippen LogP contribution in [0.25, 0.3) is 0 Å². The van der Waals surface area contributed by atoms with Gasteiger partial charge in [0, 0.05) is 6.54 Å². The Hall–Kier alpha value is -1.96. The van der Waals surface area contributed by atoms with Crippen LogP contribution in [0.15, 0.2) is 53.4 Å². The SMILES string of the molecule is COc1ccc(C2OC(CF)CN2S(=O)(=O)c2ccc(C)cc2)cc1. The second kappa shape index (κ2) is 7.11. The van der Waals surface area contributed by atoms with Gasteiger partial charge < -0.3 is 9.47 Å². The fourth-order valence-corrected chi connectivity index (χ4v) is 4.29. The van der Waals surface area contributed by atoms with Crippen molar-refractivity contribution in [3.8, 4) is 5.75 Å². The molecule has 2 atom stereocenters. The van der Waals surface area contributed by atoms with Gasteiger partial charge in [0.15, 0.2) is 6.23 Å². The summed E-state index contributed by atoms with van der Waals surface area (Å²) in [5.74, 6) is 0.650. The highest BCUT2D eigenvalue weighted by Crippen LogP contribution is 2.36. The number of hydrogen-bond donors (Lipinski definition) is 0. The number of aryl methyl sites for hydroxylation is 1. The molecule has 1 saturated heterocycles. The first-order valence-corrected chi connectivity index (χ1v) is 9.33. The smallest absolute Gasteiger partial charge is 0.245 e. The van der Waals surface area contributed by atoms with Crippen LogP contribution >= 0.6 is 0 Å². The van der Waals surface area contributed by atoms with Crippen molar-refractivity contribution in [1.29, 1.82) is 0 Å². The van der Waals surface area contributed by atoms with Crippen LogP contribution in [0.4, 0.5) is 4.39 Å². The van der Waals surface area contributed by atoms with Gasteiger partial charge >= 0.3 is 0 Å². The van der Waals surface area contributed by atoms with Crippen LogP contribution in [-0.2, 0) is 14.8 Å². The van der Waals surface area contributed by atoms with E-state index in [1.807, 2.05) is 6.92 Å². The summed E-state index contributed by atoms with van der Waals surface area (Å²) >= 11 is 0. The van der Waals surface area contributed by atoms with E-state index >= 15 is 0 Å². The van der Waals surface area contributed by atoms with Crippen molar-refractivity contribution in [2.45, 2.75) is 24.2 Å². The van der Waals surface area contributed by atoms with E-state index in [1.165, 1.54) is 4.31 Å². The van der Waals surface area contributed by atoms with E-state index in [-0.39, 0.29) is 11.4 Å². The molecular weight excluding hydrogens is 345 g/mol. The fourth-order valence-electron chi connectivity index (χ4n) is 2.76. The summed E-state index contributed by atoms with van der Waals surface area (Å²) in [4.78, 5) is 0.166. The van der Waals surface area contributed by atoms with Gasteiger partial charge in [0.2, 0.25) is 10.0 Å². The lowest BCUT2D eigenvalue weighted by atomic mass is 10.2. The quantitative estimate of drug-likeness (QED) is 0.817. The molecule has 0 saturated carbocycles. The van der Waals surface area contributed by atoms with Crippen molar-refractivity contribution in [3.63, 3.8) is 0 Å². The number of nitrogens with zero attached hydrogens (tertiary/aromatic N) is 1. The van der Waals surface area contributed by atoms with Crippen LogP contribution in [0.1, 0.15) is 17.4 Å². The minimum absolute atomic E-state index is 0.0244. The highest BCUT2D eigenvalue weighted by atomic mass is 32.2. The van der Waals surface area contributed by atoms with Crippen molar-refractivity contribution in [3.05, 3.63) is 59.7 Å². The molecule has 134 valence electrons. The zero-order chi connectivity index (χ0) is 18.0. The molecule has 7 heteroatoms. The highest BCUT2D eigenvalue weighted by molar-refractivity contribution is 7.89. The van der Waals surface area contributed by atoms with Crippen molar-refractivity contribution in [2.24, 2.45) is 0 Å². The molecule has 1 aliphatic rings. The molecule has 1 aliphatic heterocycles. The Kier molecular flexibility index (Phi) is 5.08.